The lowest BCUT2D eigenvalue weighted by Gasteiger charge is -2.40. The highest BCUT2D eigenvalue weighted by molar-refractivity contribution is 7.89. The molecule has 0 atom stereocenters. The number of rotatable bonds is 8. The number of carbonyl (C=O) groups is 1. The van der Waals surface area contributed by atoms with Crippen LogP contribution in [0.4, 0.5) is 17.3 Å². The van der Waals surface area contributed by atoms with E-state index in [0.29, 0.717) is 22.7 Å². The Morgan fingerprint density at radius 1 is 1.08 bits per heavy atom. The minimum Gasteiger partial charge on any atom is -0.394 e. The van der Waals surface area contributed by atoms with E-state index in [1.807, 2.05) is 13.8 Å². The lowest BCUT2D eigenvalue weighted by molar-refractivity contribution is 0.102. The standard InChI is InChI=1S/C28H42N6O4S/c1-26(2,3)33-39(37,38)21-10-8-9-20(17-21)30-25(36)23-24(31-22(18-29-23)32-27(4,5)19-35)34-15-13-28(14-16-34)11-6-7-12-28/h8-10,17-18,33,35H,6-7,11-16,19H2,1-5H3,(H,30,36)(H,31,32). The van der Waals surface area contributed by atoms with Crippen molar-refractivity contribution in [1.82, 2.24) is 14.7 Å². The molecule has 0 radical (unpaired) electrons. The highest BCUT2D eigenvalue weighted by Crippen LogP contribution is 2.46. The van der Waals surface area contributed by atoms with Gasteiger partial charge >= 0.3 is 0 Å². The molecule has 1 spiro atoms. The molecule has 1 aliphatic heterocycles. The van der Waals surface area contributed by atoms with Gasteiger partial charge in [-0.05, 0) is 83.9 Å². The van der Waals surface area contributed by atoms with Crippen molar-refractivity contribution in [2.24, 2.45) is 5.41 Å². The first-order valence-corrected chi connectivity index (χ1v) is 15.2. The SMILES string of the molecule is CC(C)(C)NS(=O)(=O)c1cccc(NC(=O)c2ncc(NC(C)(C)CO)nc2N2CCC3(CCCC3)CC2)c1. The Labute approximate surface area is 232 Å². The summed E-state index contributed by atoms with van der Waals surface area (Å²) in [5.41, 5.74) is -0.344. The first-order chi connectivity index (χ1) is 18.2. The fraction of sp³-hybridized carbons (Fsp3) is 0.607. The number of nitrogens with zero attached hydrogens (tertiary/aromatic N) is 3. The minimum atomic E-state index is -3.77. The van der Waals surface area contributed by atoms with E-state index in [2.05, 4.69) is 25.2 Å². The quantitative estimate of drug-likeness (QED) is 0.379. The van der Waals surface area contributed by atoms with Gasteiger partial charge in [0.05, 0.1) is 23.2 Å². The Morgan fingerprint density at radius 3 is 2.36 bits per heavy atom. The van der Waals surface area contributed by atoms with E-state index < -0.39 is 27.0 Å². The number of sulfonamides is 1. The van der Waals surface area contributed by atoms with Gasteiger partial charge in [-0.15, -0.1) is 0 Å². The number of piperidine rings is 1. The van der Waals surface area contributed by atoms with Crippen LogP contribution in [0.15, 0.2) is 35.4 Å². The van der Waals surface area contributed by atoms with Crippen LogP contribution in [0.3, 0.4) is 0 Å². The van der Waals surface area contributed by atoms with Crippen molar-refractivity contribution in [3.63, 3.8) is 0 Å². The molecule has 1 saturated carbocycles. The zero-order chi connectivity index (χ0) is 28.5. The zero-order valence-corrected chi connectivity index (χ0v) is 24.5. The van der Waals surface area contributed by atoms with Gasteiger partial charge in [0, 0.05) is 24.3 Å². The summed E-state index contributed by atoms with van der Waals surface area (Å²) in [5, 5.41) is 15.7. The van der Waals surface area contributed by atoms with E-state index in [1.54, 1.807) is 32.9 Å². The molecule has 2 heterocycles. The van der Waals surface area contributed by atoms with Gasteiger partial charge in [0.15, 0.2) is 11.5 Å². The largest absolute Gasteiger partial charge is 0.394 e. The highest BCUT2D eigenvalue weighted by atomic mass is 32.2. The summed E-state index contributed by atoms with van der Waals surface area (Å²) in [6.07, 6.45) is 8.68. The van der Waals surface area contributed by atoms with E-state index in [-0.39, 0.29) is 17.2 Å². The average Bonchev–Trinajstić information content (AvgIpc) is 3.31. The molecule has 1 amide bonds. The van der Waals surface area contributed by atoms with E-state index in [9.17, 15) is 18.3 Å². The van der Waals surface area contributed by atoms with Gasteiger partial charge in [-0.3, -0.25) is 4.79 Å². The number of carbonyl (C=O) groups excluding carboxylic acids is 1. The molecular weight excluding hydrogens is 516 g/mol. The molecule has 214 valence electrons. The van der Waals surface area contributed by atoms with Crippen molar-refractivity contribution in [1.29, 1.82) is 0 Å². The summed E-state index contributed by atoms with van der Waals surface area (Å²) in [4.78, 5) is 25.0. The monoisotopic (exact) mass is 558 g/mol. The number of anilines is 3. The first-order valence-electron chi connectivity index (χ1n) is 13.7. The summed E-state index contributed by atoms with van der Waals surface area (Å²) in [6, 6.07) is 6.16. The molecule has 0 unspecified atom stereocenters. The molecule has 4 rings (SSSR count). The molecule has 39 heavy (non-hydrogen) atoms. The van der Waals surface area contributed by atoms with Crippen LogP contribution in [0.25, 0.3) is 0 Å². The Hall–Kier alpha value is -2.76. The normalized spacial score (nSPS) is 17.8. The topological polar surface area (TPSA) is 137 Å². The second-order valence-electron chi connectivity index (χ2n) is 12.6. The fourth-order valence-electron chi connectivity index (χ4n) is 5.42. The molecule has 4 N–H and O–H groups in total. The second-order valence-corrected chi connectivity index (χ2v) is 14.3. The predicted molar refractivity (Wildman–Crippen MR) is 154 cm³/mol. The maximum atomic E-state index is 13.5. The Kier molecular flexibility index (Phi) is 8.26. The van der Waals surface area contributed by atoms with Crippen LogP contribution in [0.1, 0.15) is 83.6 Å². The van der Waals surface area contributed by atoms with Crippen LogP contribution in [0, 0.1) is 5.41 Å². The van der Waals surface area contributed by atoms with E-state index in [4.69, 9.17) is 4.98 Å². The van der Waals surface area contributed by atoms with Crippen molar-refractivity contribution < 1.29 is 18.3 Å². The summed E-state index contributed by atoms with van der Waals surface area (Å²) >= 11 is 0. The molecule has 2 aromatic rings. The maximum absolute atomic E-state index is 13.5. The number of amides is 1. The summed E-state index contributed by atoms with van der Waals surface area (Å²) in [6.45, 7) is 10.5. The van der Waals surface area contributed by atoms with E-state index >= 15 is 0 Å². The summed E-state index contributed by atoms with van der Waals surface area (Å²) in [5.74, 6) is 0.491. The molecule has 1 aromatic carbocycles. The third-order valence-corrected chi connectivity index (χ3v) is 9.22. The van der Waals surface area contributed by atoms with Gasteiger partial charge in [-0.1, -0.05) is 18.9 Å². The molecule has 2 fully saturated rings. The number of hydrogen-bond donors (Lipinski definition) is 4. The minimum absolute atomic E-state index is 0.0604. The molecule has 1 aliphatic carbocycles. The van der Waals surface area contributed by atoms with Gasteiger partial charge in [0.2, 0.25) is 10.0 Å². The van der Waals surface area contributed by atoms with Gasteiger partial charge in [0.25, 0.3) is 5.91 Å². The molecule has 10 nitrogen and oxygen atoms in total. The van der Waals surface area contributed by atoms with E-state index in [1.165, 1.54) is 44.0 Å². The molecule has 1 aromatic heterocycles. The third kappa shape index (κ3) is 7.26. The lowest BCUT2D eigenvalue weighted by atomic mass is 9.77. The Balaban J connectivity index is 1.60. The molecular formula is C28H42N6O4S. The smallest absolute Gasteiger partial charge is 0.278 e. The Morgan fingerprint density at radius 2 is 1.74 bits per heavy atom. The van der Waals surface area contributed by atoms with Crippen LogP contribution in [0.2, 0.25) is 0 Å². The number of hydrogen-bond acceptors (Lipinski definition) is 8. The van der Waals surface area contributed by atoms with Crippen molar-refractivity contribution in [2.45, 2.75) is 89.1 Å². The number of nitrogens with one attached hydrogen (secondary N) is 3. The van der Waals surface area contributed by atoms with Crippen molar-refractivity contribution in [3.8, 4) is 0 Å². The van der Waals surface area contributed by atoms with Crippen LogP contribution in [-0.4, -0.2) is 60.2 Å². The van der Waals surface area contributed by atoms with Crippen LogP contribution in [-0.2, 0) is 10.0 Å². The predicted octanol–water partition coefficient (Wildman–Crippen LogP) is 4.15. The fourth-order valence-corrected chi connectivity index (χ4v) is 6.88. The lowest BCUT2D eigenvalue weighted by Crippen LogP contribution is -2.41. The van der Waals surface area contributed by atoms with Crippen molar-refractivity contribution in [3.05, 3.63) is 36.2 Å². The number of benzene rings is 1. The van der Waals surface area contributed by atoms with Crippen LogP contribution < -0.4 is 20.3 Å². The van der Waals surface area contributed by atoms with Gasteiger partial charge < -0.3 is 20.6 Å². The molecule has 0 bridgehead atoms. The number of aromatic nitrogens is 2. The van der Waals surface area contributed by atoms with Crippen LogP contribution >= 0.6 is 0 Å². The number of aliphatic hydroxyl groups is 1. The highest BCUT2D eigenvalue weighted by Gasteiger charge is 2.38. The van der Waals surface area contributed by atoms with Crippen molar-refractivity contribution in [2.75, 3.05) is 35.2 Å². The zero-order valence-electron chi connectivity index (χ0n) is 23.7. The Bertz CT molecular complexity index is 1290. The van der Waals surface area contributed by atoms with Gasteiger partial charge in [0.1, 0.15) is 5.82 Å². The van der Waals surface area contributed by atoms with E-state index in [0.717, 1.165) is 25.9 Å². The second kappa shape index (κ2) is 11.0. The molecule has 1 saturated heterocycles. The average molecular weight is 559 g/mol. The van der Waals surface area contributed by atoms with Gasteiger partial charge in [-0.2, -0.15) is 0 Å². The molecule has 2 aliphatic rings. The first kappa shape index (κ1) is 29.2. The van der Waals surface area contributed by atoms with Gasteiger partial charge in [-0.25, -0.2) is 23.1 Å². The van der Waals surface area contributed by atoms with Crippen molar-refractivity contribution >= 4 is 33.3 Å². The molecule has 11 heteroatoms. The summed E-state index contributed by atoms with van der Waals surface area (Å²) < 4.78 is 28.3. The maximum Gasteiger partial charge on any atom is 0.278 e. The van der Waals surface area contributed by atoms with Crippen LogP contribution in [0.5, 0.6) is 0 Å². The number of aliphatic hydroxyl groups excluding tert-OH is 1. The summed E-state index contributed by atoms with van der Waals surface area (Å²) in [7, 11) is -3.77. The third-order valence-electron chi connectivity index (χ3n) is 7.46.